The van der Waals surface area contributed by atoms with Crippen LogP contribution in [0.3, 0.4) is 0 Å². The number of benzene rings is 1. The lowest BCUT2D eigenvalue weighted by atomic mass is 10.1. The molecule has 0 radical (unpaired) electrons. The van der Waals surface area contributed by atoms with Gasteiger partial charge in [-0.15, -0.1) is 0 Å². The third kappa shape index (κ3) is 5.02. The van der Waals surface area contributed by atoms with Crippen LogP contribution in [0, 0.1) is 6.92 Å². The fraction of sp³-hybridized carbons (Fsp3) is 0.571. The van der Waals surface area contributed by atoms with Gasteiger partial charge in [0.1, 0.15) is 0 Å². The fourth-order valence-electron chi connectivity index (χ4n) is 2.09. The Hall–Kier alpha value is -1.27. The Kier molecular flexibility index (Phi) is 5.83. The van der Waals surface area contributed by atoms with Crippen LogP contribution in [0.2, 0.25) is 0 Å². The standard InChI is InChI=1S/C14H25N3O2S/c1-5-12(16-20(4,18)19)10-17(6-2)13-7-8-14(15)11(3)9-13/h7-9,12,16H,5-6,10,15H2,1-4H3. The average molecular weight is 299 g/mol. The lowest BCUT2D eigenvalue weighted by Crippen LogP contribution is -2.43. The SMILES string of the molecule is CCC(CN(CC)c1ccc(N)c(C)c1)NS(C)(=O)=O. The van der Waals surface area contributed by atoms with E-state index in [2.05, 4.69) is 16.5 Å². The Morgan fingerprint density at radius 2 is 2.00 bits per heavy atom. The number of nitrogens with zero attached hydrogens (tertiary/aromatic N) is 1. The molecule has 0 amide bonds. The second kappa shape index (κ2) is 6.95. The van der Waals surface area contributed by atoms with Crippen LogP contribution in [-0.2, 0) is 10.0 Å². The zero-order valence-corrected chi connectivity index (χ0v) is 13.5. The summed E-state index contributed by atoms with van der Waals surface area (Å²) in [5.74, 6) is 0. The maximum Gasteiger partial charge on any atom is 0.209 e. The van der Waals surface area contributed by atoms with Crippen molar-refractivity contribution in [3.05, 3.63) is 23.8 Å². The molecule has 6 heteroatoms. The number of nitrogen functional groups attached to an aromatic ring is 1. The number of nitrogens with two attached hydrogens (primary N) is 1. The maximum atomic E-state index is 11.4. The van der Waals surface area contributed by atoms with Gasteiger partial charge in [-0.25, -0.2) is 13.1 Å². The minimum absolute atomic E-state index is 0.0946. The monoisotopic (exact) mass is 299 g/mol. The molecule has 0 bridgehead atoms. The highest BCUT2D eigenvalue weighted by Gasteiger charge is 2.16. The summed E-state index contributed by atoms with van der Waals surface area (Å²) in [7, 11) is -3.18. The van der Waals surface area contributed by atoms with E-state index in [1.807, 2.05) is 32.0 Å². The van der Waals surface area contributed by atoms with Gasteiger partial charge in [0.15, 0.2) is 0 Å². The summed E-state index contributed by atoms with van der Waals surface area (Å²) in [5, 5.41) is 0. The summed E-state index contributed by atoms with van der Waals surface area (Å²) in [6.07, 6.45) is 1.94. The van der Waals surface area contributed by atoms with Gasteiger partial charge in [0.05, 0.1) is 6.26 Å². The van der Waals surface area contributed by atoms with E-state index in [0.29, 0.717) is 6.54 Å². The van der Waals surface area contributed by atoms with Crippen LogP contribution in [-0.4, -0.2) is 33.8 Å². The first kappa shape index (κ1) is 16.8. The van der Waals surface area contributed by atoms with E-state index in [0.717, 1.165) is 29.9 Å². The number of anilines is 2. The largest absolute Gasteiger partial charge is 0.399 e. The van der Waals surface area contributed by atoms with Gasteiger partial charge < -0.3 is 10.6 Å². The third-order valence-corrected chi connectivity index (χ3v) is 4.08. The fourth-order valence-corrected chi connectivity index (χ4v) is 2.94. The van der Waals surface area contributed by atoms with Crippen LogP contribution in [0.1, 0.15) is 25.8 Å². The molecule has 1 unspecified atom stereocenters. The van der Waals surface area contributed by atoms with Gasteiger partial charge in [-0.3, -0.25) is 0 Å². The highest BCUT2D eigenvalue weighted by molar-refractivity contribution is 7.88. The molecule has 0 saturated heterocycles. The average Bonchev–Trinajstić information content (AvgIpc) is 2.36. The molecule has 0 saturated carbocycles. The Labute approximate surface area is 122 Å². The van der Waals surface area contributed by atoms with E-state index in [9.17, 15) is 8.42 Å². The number of nitrogens with one attached hydrogen (secondary N) is 1. The molecular weight excluding hydrogens is 274 g/mol. The van der Waals surface area contributed by atoms with Gasteiger partial charge in [0, 0.05) is 30.5 Å². The molecule has 3 N–H and O–H groups in total. The third-order valence-electron chi connectivity index (χ3n) is 3.31. The van der Waals surface area contributed by atoms with Crippen molar-refractivity contribution in [2.75, 3.05) is 30.0 Å². The number of hydrogen-bond donors (Lipinski definition) is 2. The van der Waals surface area contributed by atoms with Crippen molar-refractivity contribution in [3.8, 4) is 0 Å². The topological polar surface area (TPSA) is 75.4 Å². The minimum atomic E-state index is -3.18. The molecule has 5 nitrogen and oxygen atoms in total. The van der Waals surface area contributed by atoms with Gasteiger partial charge in [-0.2, -0.15) is 0 Å². The van der Waals surface area contributed by atoms with Crippen LogP contribution in [0.25, 0.3) is 0 Å². The highest BCUT2D eigenvalue weighted by Crippen LogP contribution is 2.21. The highest BCUT2D eigenvalue weighted by atomic mass is 32.2. The predicted octanol–water partition coefficient (Wildman–Crippen LogP) is 1.73. The van der Waals surface area contributed by atoms with Gasteiger partial charge in [-0.1, -0.05) is 6.92 Å². The molecule has 0 aliphatic rings. The Morgan fingerprint density at radius 1 is 1.35 bits per heavy atom. The number of sulfonamides is 1. The molecule has 0 spiro atoms. The Bertz CT molecular complexity index is 543. The Morgan fingerprint density at radius 3 is 2.45 bits per heavy atom. The molecule has 1 atom stereocenters. The molecule has 0 aliphatic heterocycles. The summed E-state index contributed by atoms with van der Waals surface area (Å²) in [4.78, 5) is 2.15. The predicted molar refractivity (Wildman–Crippen MR) is 85.5 cm³/mol. The van der Waals surface area contributed by atoms with Gasteiger partial charge in [0.2, 0.25) is 10.0 Å². The smallest absolute Gasteiger partial charge is 0.209 e. The van der Waals surface area contributed by atoms with E-state index in [4.69, 9.17) is 5.73 Å². The zero-order chi connectivity index (χ0) is 15.3. The van der Waals surface area contributed by atoms with Gasteiger partial charge in [0.25, 0.3) is 0 Å². The first-order chi connectivity index (χ1) is 9.26. The van der Waals surface area contributed by atoms with Crippen molar-refractivity contribution < 1.29 is 8.42 Å². The summed E-state index contributed by atoms with van der Waals surface area (Å²) in [6.45, 7) is 7.46. The van der Waals surface area contributed by atoms with Gasteiger partial charge in [-0.05, 0) is 44.0 Å². The van der Waals surface area contributed by atoms with Crippen LogP contribution < -0.4 is 15.4 Å². The number of likely N-dealkylation sites (N-methyl/N-ethyl adjacent to an activating group) is 1. The summed E-state index contributed by atoms with van der Waals surface area (Å²) in [6, 6.07) is 5.80. The van der Waals surface area contributed by atoms with Crippen LogP contribution >= 0.6 is 0 Å². The maximum absolute atomic E-state index is 11.4. The lowest BCUT2D eigenvalue weighted by Gasteiger charge is -2.28. The zero-order valence-electron chi connectivity index (χ0n) is 12.7. The quantitative estimate of drug-likeness (QED) is 0.752. The van der Waals surface area contributed by atoms with Crippen molar-refractivity contribution >= 4 is 21.4 Å². The van der Waals surface area contributed by atoms with Crippen molar-refractivity contribution in [2.45, 2.75) is 33.2 Å². The van der Waals surface area contributed by atoms with E-state index >= 15 is 0 Å². The Balaban J connectivity index is 2.87. The van der Waals surface area contributed by atoms with Crippen molar-refractivity contribution in [1.29, 1.82) is 0 Å². The normalized spacial score (nSPS) is 13.2. The van der Waals surface area contributed by atoms with Crippen molar-refractivity contribution in [3.63, 3.8) is 0 Å². The first-order valence-electron chi connectivity index (χ1n) is 6.85. The van der Waals surface area contributed by atoms with E-state index < -0.39 is 10.0 Å². The summed E-state index contributed by atoms with van der Waals surface area (Å²) >= 11 is 0. The molecule has 0 heterocycles. The molecule has 0 aliphatic carbocycles. The molecule has 1 aromatic carbocycles. The molecule has 0 fully saturated rings. The lowest BCUT2D eigenvalue weighted by molar-refractivity contribution is 0.537. The molecule has 114 valence electrons. The van der Waals surface area contributed by atoms with Crippen LogP contribution in [0.5, 0.6) is 0 Å². The second-order valence-electron chi connectivity index (χ2n) is 5.07. The molecular formula is C14H25N3O2S. The minimum Gasteiger partial charge on any atom is -0.399 e. The summed E-state index contributed by atoms with van der Waals surface area (Å²) in [5.41, 5.74) is 8.70. The molecule has 20 heavy (non-hydrogen) atoms. The van der Waals surface area contributed by atoms with Crippen molar-refractivity contribution in [2.24, 2.45) is 0 Å². The number of rotatable bonds is 7. The number of aryl methyl sites for hydroxylation is 1. The van der Waals surface area contributed by atoms with E-state index in [1.165, 1.54) is 6.26 Å². The van der Waals surface area contributed by atoms with Crippen molar-refractivity contribution in [1.82, 2.24) is 4.72 Å². The van der Waals surface area contributed by atoms with E-state index in [-0.39, 0.29) is 6.04 Å². The molecule has 0 aromatic heterocycles. The van der Waals surface area contributed by atoms with Gasteiger partial charge >= 0.3 is 0 Å². The second-order valence-corrected chi connectivity index (χ2v) is 6.85. The van der Waals surface area contributed by atoms with Crippen LogP contribution in [0.15, 0.2) is 18.2 Å². The summed E-state index contributed by atoms with van der Waals surface area (Å²) < 4.78 is 25.4. The van der Waals surface area contributed by atoms with Crippen LogP contribution in [0.4, 0.5) is 11.4 Å². The van der Waals surface area contributed by atoms with E-state index in [1.54, 1.807) is 0 Å². The molecule has 1 rings (SSSR count). The first-order valence-corrected chi connectivity index (χ1v) is 8.74. The number of hydrogen-bond acceptors (Lipinski definition) is 4. The molecule has 1 aromatic rings.